The van der Waals surface area contributed by atoms with Crippen LogP contribution in [0.3, 0.4) is 0 Å². The summed E-state index contributed by atoms with van der Waals surface area (Å²) in [5.74, 6) is 0.418. The van der Waals surface area contributed by atoms with Gasteiger partial charge in [-0.25, -0.2) is 0 Å². The van der Waals surface area contributed by atoms with E-state index in [2.05, 4.69) is 5.10 Å². The minimum Gasteiger partial charge on any atom is -0.382 e. The fraction of sp³-hybridized carbons (Fsp3) is 0.154. The Morgan fingerprint density at radius 1 is 1.15 bits per heavy atom. The minimum atomic E-state index is -0.260. The van der Waals surface area contributed by atoms with E-state index in [0.717, 1.165) is 11.3 Å². The topological polar surface area (TPSA) is 82.9 Å². The SMILES string of the molecule is Nc1ccn(CCn2c(=O)sc3ccccc3c2=O)n1. The molecule has 0 bridgehead atoms. The zero-order valence-electron chi connectivity index (χ0n) is 10.5. The van der Waals surface area contributed by atoms with Crippen LogP contribution in [0.1, 0.15) is 0 Å². The molecule has 7 heteroatoms. The van der Waals surface area contributed by atoms with Crippen molar-refractivity contribution in [3.8, 4) is 0 Å². The van der Waals surface area contributed by atoms with Crippen LogP contribution in [0.4, 0.5) is 5.82 Å². The Morgan fingerprint density at radius 2 is 1.95 bits per heavy atom. The maximum atomic E-state index is 12.3. The molecule has 6 nitrogen and oxygen atoms in total. The number of nitrogen functional groups attached to an aromatic ring is 1. The predicted molar refractivity (Wildman–Crippen MR) is 79.0 cm³/mol. The van der Waals surface area contributed by atoms with Crippen molar-refractivity contribution in [3.05, 3.63) is 56.5 Å². The number of rotatable bonds is 3. The summed E-state index contributed by atoms with van der Waals surface area (Å²) in [5.41, 5.74) is 5.26. The lowest BCUT2D eigenvalue weighted by molar-refractivity contribution is 0.522. The zero-order chi connectivity index (χ0) is 14.1. The fourth-order valence-electron chi connectivity index (χ4n) is 2.01. The fourth-order valence-corrected chi connectivity index (χ4v) is 2.89. The van der Waals surface area contributed by atoms with Crippen LogP contribution in [0.25, 0.3) is 10.1 Å². The van der Waals surface area contributed by atoms with Crippen molar-refractivity contribution in [2.24, 2.45) is 0 Å². The van der Waals surface area contributed by atoms with Crippen molar-refractivity contribution in [3.63, 3.8) is 0 Å². The van der Waals surface area contributed by atoms with Crippen molar-refractivity contribution in [2.45, 2.75) is 13.1 Å². The monoisotopic (exact) mass is 288 g/mol. The van der Waals surface area contributed by atoms with Gasteiger partial charge in [-0.15, -0.1) is 0 Å². The van der Waals surface area contributed by atoms with E-state index in [-0.39, 0.29) is 17.0 Å². The molecule has 0 radical (unpaired) electrons. The molecule has 0 aliphatic rings. The van der Waals surface area contributed by atoms with Gasteiger partial charge in [-0.05, 0) is 18.2 Å². The molecule has 0 aliphatic carbocycles. The molecular formula is C13H12N4O2S. The molecule has 0 saturated carbocycles. The second-order valence-corrected chi connectivity index (χ2v) is 5.32. The van der Waals surface area contributed by atoms with Gasteiger partial charge in [0.2, 0.25) is 0 Å². The highest BCUT2D eigenvalue weighted by Gasteiger charge is 2.07. The molecule has 1 aromatic carbocycles. The van der Waals surface area contributed by atoms with Gasteiger partial charge in [0.25, 0.3) is 5.56 Å². The molecule has 0 spiro atoms. The third kappa shape index (κ3) is 2.23. The highest BCUT2D eigenvalue weighted by molar-refractivity contribution is 7.16. The van der Waals surface area contributed by atoms with Crippen LogP contribution in [0, 0.1) is 0 Å². The van der Waals surface area contributed by atoms with Gasteiger partial charge in [-0.1, -0.05) is 23.5 Å². The molecule has 102 valence electrons. The van der Waals surface area contributed by atoms with Crippen LogP contribution in [0.15, 0.2) is 46.1 Å². The summed E-state index contributed by atoms with van der Waals surface area (Å²) in [7, 11) is 0. The predicted octanol–water partition coefficient (Wildman–Crippen LogP) is 0.902. The molecule has 3 aromatic rings. The number of fused-ring (bicyclic) bond motifs is 1. The van der Waals surface area contributed by atoms with Gasteiger partial charge in [-0.3, -0.25) is 18.8 Å². The number of aryl methyl sites for hydroxylation is 1. The average molecular weight is 288 g/mol. The molecule has 3 rings (SSSR count). The molecule has 0 unspecified atom stereocenters. The van der Waals surface area contributed by atoms with E-state index in [1.165, 1.54) is 4.57 Å². The first-order valence-electron chi connectivity index (χ1n) is 6.07. The molecule has 0 aliphatic heterocycles. The Balaban J connectivity index is 1.99. The highest BCUT2D eigenvalue weighted by Crippen LogP contribution is 2.10. The van der Waals surface area contributed by atoms with E-state index in [0.29, 0.717) is 22.4 Å². The smallest absolute Gasteiger partial charge is 0.310 e. The lowest BCUT2D eigenvalue weighted by Gasteiger charge is -2.05. The van der Waals surface area contributed by atoms with E-state index in [1.54, 1.807) is 35.1 Å². The van der Waals surface area contributed by atoms with Crippen LogP contribution < -0.4 is 16.2 Å². The molecule has 0 amide bonds. The molecule has 2 heterocycles. The number of anilines is 1. The highest BCUT2D eigenvalue weighted by atomic mass is 32.1. The first-order chi connectivity index (χ1) is 9.65. The Morgan fingerprint density at radius 3 is 2.70 bits per heavy atom. The summed E-state index contributed by atoms with van der Waals surface area (Å²) in [4.78, 5) is 24.0. The first-order valence-corrected chi connectivity index (χ1v) is 6.88. The summed E-state index contributed by atoms with van der Waals surface area (Å²) >= 11 is 1.08. The number of benzene rings is 1. The van der Waals surface area contributed by atoms with Crippen LogP contribution >= 0.6 is 11.3 Å². The van der Waals surface area contributed by atoms with Crippen LogP contribution in [0.5, 0.6) is 0 Å². The third-order valence-corrected chi connectivity index (χ3v) is 3.97. The zero-order valence-corrected chi connectivity index (χ0v) is 11.3. The number of nitrogens with zero attached hydrogens (tertiary/aromatic N) is 3. The van der Waals surface area contributed by atoms with Crippen molar-refractivity contribution >= 4 is 27.2 Å². The summed E-state index contributed by atoms with van der Waals surface area (Å²) < 4.78 is 3.56. The van der Waals surface area contributed by atoms with Gasteiger partial charge in [0.05, 0.1) is 11.9 Å². The van der Waals surface area contributed by atoms with E-state index in [4.69, 9.17) is 5.73 Å². The minimum absolute atomic E-state index is 0.256. The van der Waals surface area contributed by atoms with E-state index >= 15 is 0 Å². The summed E-state index contributed by atoms with van der Waals surface area (Å²) in [6, 6.07) is 8.79. The number of hydrogen-bond acceptors (Lipinski definition) is 5. The molecule has 2 N–H and O–H groups in total. The van der Waals surface area contributed by atoms with E-state index < -0.39 is 0 Å². The number of aromatic nitrogens is 3. The van der Waals surface area contributed by atoms with Gasteiger partial charge in [-0.2, -0.15) is 5.10 Å². The maximum Gasteiger partial charge on any atom is 0.310 e. The summed E-state index contributed by atoms with van der Waals surface area (Å²) in [6.45, 7) is 0.706. The van der Waals surface area contributed by atoms with Crippen LogP contribution in [0.2, 0.25) is 0 Å². The molecule has 0 saturated heterocycles. The summed E-state index contributed by atoms with van der Waals surface area (Å²) in [5, 5.41) is 4.59. The maximum absolute atomic E-state index is 12.3. The van der Waals surface area contributed by atoms with E-state index in [9.17, 15) is 9.59 Å². The molecule has 0 atom stereocenters. The molecule has 2 aromatic heterocycles. The van der Waals surface area contributed by atoms with Crippen LogP contribution in [-0.2, 0) is 13.1 Å². The second kappa shape index (κ2) is 4.93. The van der Waals surface area contributed by atoms with Crippen molar-refractivity contribution in [1.82, 2.24) is 14.3 Å². The Bertz CT molecular complexity index is 878. The van der Waals surface area contributed by atoms with Crippen molar-refractivity contribution in [1.29, 1.82) is 0 Å². The van der Waals surface area contributed by atoms with E-state index in [1.807, 2.05) is 6.07 Å². The Hall–Kier alpha value is -2.41. The summed E-state index contributed by atoms with van der Waals surface area (Å²) in [6.07, 6.45) is 1.72. The number of nitrogens with two attached hydrogens (primary N) is 1. The lowest BCUT2D eigenvalue weighted by atomic mass is 10.3. The quantitative estimate of drug-likeness (QED) is 0.776. The normalized spacial score (nSPS) is 11.0. The standard InChI is InChI=1S/C13H12N4O2S/c14-11-5-6-16(15-11)7-8-17-12(18)9-3-1-2-4-10(9)20-13(17)19/h1-6H,7-8H2,(H2,14,15). The van der Waals surface area contributed by atoms with Gasteiger partial charge in [0, 0.05) is 17.4 Å². The van der Waals surface area contributed by atoms with Gasteiger partial charge in [0.15, 0.2) is 0 Å². The Kier molecular flexibility index (Phi) is 3.11. The molecule has 20 heavy (non-hydrogen) atoms. The van der Waals surface area contributed by atoms with Crippen molar-refractivity contribution < 1.29 is 0 Å². The largest absolute Gasteiger partial charge is 0.382 e. The van der Waals surface area contributed by atoms with Gasteiger partial charge < -0.3 is 5.73 Å². The second-order valence-electron chi connectivity index (χ2n) is 4.32. The van der Waals surface area contributed by atoms with Gasteiger partial charge >= 0.3 is 4.87 Å². The third-order valence-electron chi connectivity index (χ3n) is 2.99. The molecule has 0 fully saturated rings. The Labute approximate surface area is 117 Å². The van der Waals surface area contributed by atoms with Crippen LogP contribution in [-0.4, -0.2) is 14.3 Å². The van der Waals surface area contributed by atoms with Crippen molar-refractivity contribution in [2.75, 3.05) is 5.73 Å². The molecular weight excluding hydrogens is 276 g/mol. The number of hydrogen-bond donors (Lipinski definition) is 1. The first kappa shape index (κ1) is 12.6. The van der Waals surface area contributed by atoms with Gasteiger partial charge in [0.1, 0.15) is 5.82 Å². The lowest BCUT2D eigenvalue weighted by Crippen LogP contribution is -2.32. The average Bonchev–Trinajstić information content (AvgIpc) is 2.84.